The molecule has 6 aromatic rings. The van der Waals surface area contributed by atoms with Crippen LogP contribution in [0.15, 0.2) is 115 Å². The molecule has 0 aromatic heterocycles. The van der Waals surface area contributed by atoms with Crippen LogP contribution >= 0.6 is 0 Å². The van der Waals surface area contributed by atoms with Gasteiger partial charge in [0.2, 0.25) is 0 Å². The number of unbranched alkanes of at least 4 members (excludes halogenated alkanes) is 30. The minimum atomic E-state index is -0.00621. The van der Waals surface area contributed by atoms with Crippen LogP contribution in [-0.2, 0) is 29.1 Å². The average molecular weight is 1340 g/mol. The predicted molar refractivity (Wildman–Crippen MR) is 436 cm³/mol. The molecule has 99 heavy (non-hydrogen) atoms. The number of carbonyl (C=O) groups is 1. The Morgan fingerprint density at radius 3 is 0.899 bits per heavy atom. The van der Waals surface area contributed by atoms with E-state index in [1.54, 1.807) is 29.4 Å². The summed E-state index contributed by atoms with van der Waals surface area (Å²) in [6.07, 6.45) is 64.1. The van der Waals surface area contributed by atoms with Gasteiger partial charge >= 0.3 is 0 Å². The second-order valence-corrected chi connectivity index (χ2v) is 31.0. The van der Waals surface area contributed by atoms with Crippen molar-refractivity contribution in [2.45, 2.75) is 368 Å². The molecule has 3 aliphatic carbocycles. The third kappa shape index (κ3) is 22.0. The molecule has 0 bridgehead atoms. The van der Waals surface area contributed by atoms with Gasteiger partial charge in [0.25, 0.3) is 0 Å². The largest absolute Gasteiger partial charge is 0.497 e. The zero-order valence-corrected chi connectivity index (χ0v) is 65.6. The summed E-state index contributed by atoms with van der Waals surface area (Å²) in [5, 5.41) is 0. The van der Waals surface area contributed by atoms with Gasteiger partial charge in [-0.05, 0) is 167 Å². The highest BCUT2D eigenvalue weighted by molar-refractivity contribution is 5.86. The van der Waals surface area contributed by atoms with Gasteiger partial charge in [-0.2, -0.15) is 0 Å². The minimum absolute atomic E-state index is 0.00621. The van der Waals surface area contributed by atoms with Crippen molar-refractivity contribution in [3.63, 3.8) is 0 Å². The van der Waals surface area contributed by atoms with Crippen molar-refractivity contribution in [2.24, 2.45) is 0 Å². The van der Waals surface area contributed by atoms with Crippen molar-refractivity contribution in [1.82, 2.24) is 0 Å². The summed E-state index contributed by atoms with van der Waals surface area (Å²) in [5.74, 6) is 0.937. The van der Waals surface area contributed by atoms with Gasteiger partial charge in [0.05, 0.1) is 7.11 Å². The van der Waals surface area contributed by atoms with Crippen molar-refractivity contribution in [2.75, 3.05) is 7.11 Å². The molecule has 9 rings (SSSR count). The van der Waals surface area contributed by atoms with Crippen LogP contribution in [-0.4, -0.2) is 13.4 Å². The van der Waals surface area contributed by atoms with E-state index in [0.29, 0.717) is 0 Å². The number of ether oxygens (including phenoxy) is 1. The van der Waals surface area contributed by atoms with E-state index in [0.717, 1.165) is 43.3 Å². The Hall–Kier alpha value is -5.47. The van der Waals surface area contributed by atoms with E-state index in [-0.39, 0.29) is 16.2 Å². The highest BCUT2D eigenvalue weighted by atomic mass is 16.5. The minimum Gasteiger partial charge on any atom is -0.497 e. The van der Waals surface area contributed by atoms with E-state index in [9.17, 15) is 4.79 Å². The summed E-state index contributed by atoms with van der Waals surface area (Å²) in [6.45, 7) is 22.8. The van der Waals surface area contributed by atoms with Crippen LogP contribution in [0.2, 0.25) is 0 Å². The standard InChI is InChI=1S/C33H48.C33H50.C31H44O2/c1-5-8-10-12-14-16-23-33(24-17-15-13-11-9-6-2)31-25-27(4)19-21-29(31)30-22-20-28(18-7-3)26-32(30)33;1-5-9-11-13-15-17-23-33(24-18-16-14-12-10-6-2)31-25-27(7-3)19-21-29(31)30-22-20-28(8-4)26-32(30)33;1-4-6-8-10-12-14-20-31(21-15-13-11-9-7-5-2)29-22-25(24-32)16-18-27(29)28-19-17-26(33-3)23-30(28)31/h7,18-22,25-26H,5-6,8-17,23-24H2,1-4H3;19-22,25-26H,5-18,23-24H2,1-4H3;16-19,22-24H,4-15,20-21H2,1-3H3/b18-7+;;. The lowest BCUT2D eigenvalue weighted by Gasteiger charge is -2.33. The van der Waals surface area contributed by atoms with Gasteiger partial charge in [-0.15, -0.1) is 0 Å². The fourth-order valence-corrected chi connectivity index (χ4v) is 17.9. The van der Waals surface area contributed by atoms with Crippen LogP contribution in [0.5, 0.6) is 5.75 Å². The topological polar surface area (TPSA) is 26.3 Å². The Kier molecular flexibility index (Phi) is 36.0. The lowest BCUT2D eigenvalue weighted by molar-refractivity contribution is 0.112. The van der Waals surface area contributed by atoms with E-state index in [1.165, 1.54) is 324 Å². The van der Waals surface area contributed by atoms with Crippen LogP contribution < -0.4 is 4.74 Å². The molecule has 6 aromatic carbocycles. The number of allylic oxidation sites excluding steroid dienone is 1. The molecular formula is C97H142O2. The summed E-state index contributed by atoms with van der Waals surface area (Å²) >= 11 is 0. The number of carbonyl (C=O) groups excluding carboxylic acids is 1. The maximum absolute atomic E-state index is 11.7. The monoisotopic (exact) mass is 1340 g/mol. The van der Waals surface area contributed by atoms with Crippen molar-refractivity contribution < 1.29 is 9.53 Å². The highest BCUT2D eigenvalue weighted by Crippen LogP contribution is 2.58. The van der Waals surface area contributed by atoms with E-state index >= 15 is 0 Å². The molecule has 0 fully saturated rings. The quantitative estimate of drug-likeness (QED) is 0.0281. The summed E-state index contributed by atoms with van der Waals surface area (Å²) in [5.41, 5.74) is 25.0. The smallest absolute Gasteiger partial charge is 0.150 e. The maximum atomic E-state index is 11.7. The van der Waals surface area contributed by atoms with Crippen molar-refractivity contribution in [1.29, 1.82) is 0 Å². The normalized spacial score (nSPS) is 13.8. The van der Waals surface area contributed by atoms with Gasteiger partial charge in [0.15, 0.2) is 0 Å². The zero-order valence-electron chi connectivity index (χ0n) is 65.6. The lowest BCUT2D eigenvalue weighted by atomic mass is 9.70. The van der Waals surface area contributed by atoms with E-state index in [1.807, 2.05) is 6.07 Å². The second-order valence-electron chi connectivity index (χ2n) is 31.0. The van der Waals surface area contributed by atoms with Crippen LogP contribution in [0.25, 0.3) is 39.5 Å². The Labute approximate surface area is 609 Å². The van der Waals surface area contributed by atoms with Gasteiger partial charge in [-0.1, -0.05) is 395 Å². The first-order valence-electron chi connectivity index (χ1n) is 42.0. The first-order valence-corrected chi connectivity index (χ1v) is 42.0. The SMILES string of the molecule is C/C=C/c1ccc2c(c1)C(CCCCCCCC)(CCCCCCCC)c1cc(C)ccc1-2.CCCCCCCCC1(CCCCCCCC)c2cc(C=O)ccc2-c2ccc(OC)cc21.CCCCCCCCC1(CCCCCCCC)c2cc(CC)ccc2-c2ccc(CC)cc21. The van der Waals surface area contributed by atoms with Crippen LogP contribution in [0.4, 0.5) is 0 Å². The third-order valence-corrected chi connectivity index (χ3v) is 23.7. The fraction of sp³-hybridized carbons (Fsp3) is 0.598. The predicted octanol–water partition coefficient (Wildman–Crippen LogP) is 30.7. The molecule has 0 saturated carbocycles. The first kappa shape index (κ1) is 80.8. The van der Waals surface area contributed by atoms with Gasteiger partial charge in [0.1, 0.15) is 12.0 Å². The number of fused-ring (bicyclic) bond motifs is 9. The highest BCUT2D eigenvalue weighted by Gasteiger charge is 2.45. The second kappa shape index (κ2) is 44.1. The molecule has 0 heterocycles. The van der Waals surface area contributed by atoms with Gasteiger partial charge in [0, 0.05) is 21.8 Å². The number of hydrogen-bond donors (Lipinski definition) is 0. The number of rotatable bonds is 47. The Bertz CT molecular complexity index is 3210. The van der Waals surface area contributed by atoms with Crippen LogP contribution in [0.3, 0.4) is 0 Å². The van der Waals surface area contributed by atoms with Gasteiger partial charge < -0.3 is 4.74 Å². The molecular weight excluding hydrogens is 1200 g/mol. The molecule has 3 aliphatic rings. The number of methoxy groups -OCH3 is 1. The van der Waals surface area contributed by atoms with Crippen LogP contribution in [0.1, 0.15) is 398 Å². The molecule has 0 aliphatic heterocycles. The van der Waals surface area contributed by atoms with Gasteiger partial charge in [-0.3, -0.25) is 4.79 Å². The van der Waals surface area contributed by atoms with E-state index in [2.05, 4.69) is 185 Å². The fourth-order valence-electron chi connectivity index (χ4n) is 17.9. The Balaban J connectivity index is 0.000000209. The molecule has 0 spiro atoms. The third-order valence-electron chi connectivity index (χ3n) is 23.7. The molecule has 0 atom stereocenters. The number of hydrogen-bond acceptors (Lipinski definition) is 2. The van der Waals surface area contributed by atoms with Crippen molar-refractivity contribution in [3.8, 4) is 39.1 Å². The van der Waals surface area contributed by atoms with E-state index < -0.39 is 0 Å². The lowest BCUT2D eigenvalue weighted by Crippen LogP contribution is -2.26. The van der Waals surface area contributed by atoms with Crippen molar-refractivity contribution in [3.05, 3.63) is 176 Å². The summed E-state index contributed by atoms with van der Waals surface area (Å²) in [4.78, 5) is 11.7. The Morgan fingerprint density at radius 2 is 0.576 bits per heavy atom. The molecule has 0 saturated heterocycles. The molecule has 0 radical (unpaired) electrons. The number of aryl methyl sites for hydroxylation is 3. The molecule has 2 nitrogen and oxygen atoms in total. The number of aldehydes is 1. The molecule has 0 amide bonds. The van der Waals surface area contributed by atoms with Crippen LogP contribution in [0, 0.1) is 6.92 Å². The molecule has 542 valence electrons. The zero-order chi connectivity index (χ0) is 70.6. The molecule has 0 unspecified atom stereocenters. The summed E-state index contributed by atoms with van der Waals surface area (Å²) < 4.78 is 5.66. The molecule has 2 heteroatoms. The van der Waals surface area contributed by atoms with Gasteiger partial charge in [-0.25, -0.2) is 0 Å². The summed E-state index contributed by atoms with van der Waals surface area (Å²) in [7, 11) is 1.76. The first-order chi connectivity index (χ1) is 48.5. The molecule has 0 N–H and O–H groups in total. The van der Waals surface area contributed by atoms with Crippen molar-refractivity contribution >= 4 is 12.4 Å². The summed E-state index contributed by atoms with van der Waals surface area (Å²) in [6, 6.07) is 42.3. The van der Waals surface area contributed by atoms with E-state index in [4.69, 9.17) is 4.74 Å². The number of benzene rings is 6. The Morgan fingerprint density at radius 1 is 0.303 bits per heavy atom. The maximum Gasteiger partial charge on any atom is 0.150 e. The average Bonchev–Trinajstić information content (AvgIpc) is 1.59.